The molecule has 0 radical (unpaired) electrons. The number of aromatic nitrogens is 2. The molecule has 0 spiro atoms. The normalized spacial score (nSPS) is 15.6. The van der Waals surface area contributed by atoms with E-state index in [1.807, 2.05) is 60.8 Å². The highest BCUT2D eigenvalue weighted by Crippen LogP contribution is 2.35. The number of rotatable bonds is 4. The minimum atomic E-state index is 0.0966. The molecule has 0 aliphatic heterocycles. The summed E-state index contributed by atoms with van der Waals surface area (Å²) in [5.74, 6) is 0.780. The molecule has 3 rings (SSSR count). The molecule has 0 bridgehead atoms. The van der Waals surface area contributed by atoms with E-state index in [1.165, 1.54) is 12.8 Å². The first-order valence-corrected chi connectivity index (χ1v) is 7.88. The largest absolute Gasteiger partial charge is 0.339 e. The Hall–Kier alpha value is -2.10. The van der Waals surface area contributed by atoms with Gasteiger partial charge in [-0.05, 0) is 69.9 Å². The molecule has 1 aromatic heterocycles. The second-order valence-corrected chi connectivity index (χ2v) is 6.38. The minimum Gasteiger partial charge on any atom is -0.339 e. The van der Waals surface area contributed by atoms with Crippen molar-refractivity contribution < 1.29 is 4.79 Å². The summed E-state index contributed by atoms with van der Waals surface area (Å²) in [6, 6.07) is 10.1. The van der Waals surface area contributed by atoms with E-state index in [0.29, 0.717) is 12.0 Å². The summed E-state index contributed by atoms with van der Waals surface area (Å²) in [5.41, 5.74) is 3.81. The quantitative estimate of drug-likeness (QED) is 0.868. The van der Waals surface area contributed by atoms with Gasteiger partial charge < -0.3 is 4.90 Å². The third-order valence-corrected chi connectivity index (χ3v) is 4.60. The molecule has 0 saturated heterocycles. The van der Waals surface area contributed by atoms with E-state index in [1.54, 1.807) is 0 Å². The maximum absolute atomic E-state index is 12.5. The first-order valence-electron chi connectivity index (χ1n) is 7.88. The molecule has 1 saturated carbocycles. The second-order valence-electron chi connectivity index (χ2n) is 6.38. The Balaban J connectivity index is 1.79. The van der Waals surface area contributed by atoms with E-state index >= 15 is 0 Å². The molecule has 1 aliphatic carbocycles. The van der Waals surface area contributed by atoms with Crippen LogP contribution >= 0.6 is 0 Å². The Kier molecular flexibility index (Phi) is 3.77. The molecule has 1 aromatic carbocycles. The fourth-order valence-electron chi connectivity index (χ4n) is 2.92. The first-order chi connectivity index (χ1) is 10.5. The fraction of sp³-hybridized carbons (Fsp3) is 0.444. The number of nitrogens with zero attached hydrogens (tertiary/aromatic N) is 3. The van der Waals surface area contributed by atoms with Gasteiger partial charge in [-0.2, -0.15) is 5.10 Å². The molecule has 1 atom stereocenters. The predicted molar refractivity (Wildman–Crippen MR) is 87.3 cm³/mol. The predicted octanol–water partition coefficient (Wildman–Crippen LogP) is 3.36. The summed E-state index contributed by atoms with van der Waals surface area (Å²) in [6.07, 6.45) is 2.49. The summed E-state index contributed by atoms with van der Waals surface area (Å²) in [4.78, 5) is 14.4. The van der Waals surface area contributed by atoms with Crippen LogP contribution < -0.4 is 0 Å². The Labute approximate surface area is 131 Å². The zero-order chi connectivity index (χ0) is 15.9. The Bertz CT molecular complexity index is 683. The number of carbonyl (C=O) groups is 1. The van der Waals surface area contributed by atoms with Crippen LogP contribution in [-0.2, 0) is 0 Å². The topological polar surface area (TPSA) is 38.1 Å². The van der Waals surface area contributed by atoms with Gasteiger partial charge in [0, 0.05) is 24.3 Å². The lowest BCUT2D eigenvalue weighted by Gasteiger charge is -2.25. The zero-order valence-electron chi connectivity index (χ0n) is 13.7. The van der Waals surface area contributed by atoms with E-state index < -0.39 is 0 Å². The standard InChI is InChI=1S/C18H23N3O/c1-12-11-13(2)21(19-12)17-9-7-16(8-10-17)18(22)20(4)14(3)15-5-6-15/h7-11,14-15H,5-6H2,1-4H3. The number of benzene rings is 1. The van der Waals surface area contributed by atoms with Crippen LogP contribution in [0.5, 0.6) is 0 Å². The van der Waals surface area contributed by atoms with Gasteiger partial charge in [-0.25, -0.2) is 4.68 Å². The SMILES string of the molecule is Cc1cc(C)n(-c2ccc(C(=O)N(C)C(C)C3CC3)cc2)n1. The van der Waals surface area contributed by atoms with Crippen molar-refractivity contribution in [3.8, 4) is 5.69 Å². The maximum atomic E-state index is 12.5. The van der Waals surface area contributed by atoms with Gasteiger partial charge in [0.25, 0.3) is 5.91 Å². The molecule has 1 heterocycles. The molecule has 1 unspecified atom stereocenters. The molecule has 22 heavy (non-hydrogen) atoms. The minimum absolute atomic E-state index is 0.0966. The van der Waals surface area contributed by atoms with Crippen LogP contribution in [0.2, 0.25) is 0 Å². The van der Waals surface area contributed by atoms with Crippen LogP contribution in [0, 0.1) is 19.8 Å². The summed E-state index contributed by atoms with van der Waals surface area (Å²) in [6.45, 7) is 6.15. The van der Waals surface area contributed by atoms with Gasteiger partial charge in [-0.3, -0.25) is 4.79 Å². The summed E-state index contributed by atoms with van der Waals surface area (Å²) >= 11 is 0. The number of hydrogen-bond donors (Lipinski definition) is 0. The molecule has 1 aliphatic rings. The lowest BCUT2D eigenvalue weighted by Crippen LogP contribution is -2.36. The van der Waals surface area contributed by atoms with Crippen molar-refractivity contribution in [3.05, 3.63) is 47.3 Å². The van der Waals surface area contributed by atoms with Crippen LogP contribution in [0.1, 0.15) is 41.5 Å². The molecule has 2 aromatic rings. The van der Waals surface area contributed by atoms with Gasteiger partial charge in [-0.15, -0.1) is 0 Å². The Morgan fingerprint density at radius 3 is 2.41 bits per heavy atom. The first kappa shape index (κ1) is 14.8. The zero-order valence-corrected chi connectivity index (χ0v) is 13.7. The molecule has 4 nitrogen and oxygen atoms in total. The van der Waals surface area contributed by atoms with Gasteiger partial charge in [0.1, 0.15) is 0 Å². The van der Waals surface area contributed by atoms with Crippen molar-refractivity contribution in [2.24, 2.45) is 5.92 Å². The van der Waals surface area contributed by atoms with E-state index in [9.17, 15) is 4.79 Å². The highest BCUT2D eigenvalue weighted by atomic mass is 16.2. The van der Waals surface area contributed by atoms with E-state index in [4.69, 9.17) is 0 Å². The van der Waals surface area contributed by atoms with Crippen LogP contribution in [0.25, 0.3) is 5.69 Å². The van der Waals surface area contributed by atoms with Crippen molar-refractivity contribution in [2.75, 3.05) is 7.05 Å². The molecular formula is C18H23N3O. The molecule has 1 amide bonds. The monoisotopic (exact) mass is 297 g/mol. The average Bonchev–Trinajstić information content (AvgIpc) is 3.30. The van der Waals surface area contributed by atoms with E-state index in [0.717, 1.165) is 22.6 Å². The molecule has 116 valence electrons. The number of aryl methyl sites for hydroxylation is 2. The third kappa shape index (κ3) is 2.78. The Morgan fingerprint density at radius 1 is 1.27 bits per heavy atom. The Morgan fingerprint density at radius 2 is 1.91 bits per heavy atom. The van der Waals surface area contributed by atoms with Crippen molar-refractivity contribution in [1.29, 1.82) is 0 Å². The number of hydrogen-bond acceptors (Lipinski definition) is 2. The highest BCUT2D eigenvalue weighted by molar-refractivity contribution is 5.94. The van der Waals surface area contributed by atoms with Crippen LogP contribution in [0.4, 0.5) is 0 Å². The van der Waals surface area contributed by atoms with E-state index in [-0.39, 0.29) is 5.91 Å². The van der Waals surface area contributed by atoms with Crippen molar-refractivity contribution in [3.63, 3.8) is 0 Å². The van der Waals surface area contributed by atoms with Gasteiger partial charge in [0.05, 0.1) is 11.4 Å². The molecule has 1 fully saturated rings. The van der Waals surface area contributed by atoms with Crippen LogP contribution in [0.15, 0.2) is 30.3 Å². The lowest BCUT2D eigenvalue weighted by molar-refractivity contribution is 0.0727. The maximum Gasteiger partial charge on any atom is 0.253 e. The number of carbonyl (C=O) groups excluding carboxylic acids is 1. The van der Waals surface area contributed by atoms with E-state index in [2.05, 4.69) is 12.0 Å². The van der Waals surface area contributed by atoms with Crippen LogP contribution in [0.3, 0.4) is 0 Å². The van der Waals surface area contributed by atoms with Gasteiger partial charge in [0.2, 0.25) is 0 Å². The molecule has 4 heteroatoms. The van der Waals surface area contributed by atoms with Gasteiger partial charge in [0.15, 0.2) is 0 Å². The fourth-order valence-corrected chi connectivity index (χ4v) is 2.92. The van der Waals surface area contributed by atoms with Crippen LogP contribution in [-0.4, -0.2) is 33.7 Å². The summed E-state index contributed by atoms with van der Waals surface area (Å²) in [7, 11) is 1.90. The lowest BCUT2D eigenvalue weighted by atomic mass is 10.1. The van der Waals surface area contributed by atoms with Crippen molar-refractivity contribution in [2.45, 2.75) is 39.7 Å². The summed E-state index contributed by atoms with van der Waals surface area (Å²) < 4.78 is 1.90. The van der Waals surface area contributed by atoms with Crippen molar-refractivity contribution >= 4 is 5.91 Å². The highest BCUT2D eigenvalue weighted by Gasteiger charge is 2.32. The van der Waals surface area contributed by atoms with Gasteiger partial charge in [-0.1, -0.05) is 0 Å². The second kappa shape index (κ2) is 5.59. The molecular weight excluding hydrogens is 274 g/mol. The smallest absolute Gasteiger partial charge is 0.253 e. The van der Waals surface area contributed by atoms with Gasteiger partial charge >= 0.3 is 0 Å². The average molecular weight is 297 g/mol. The molecule has 0 N–H and O–H groups in total. The third-order valence-electron chi connectivity index (χ3n) is 4.60. The van der Waals surface area contributed by atoms with Crippen molar-refractivity contribution in [1.82, 2.24) is 14.7 Å². The summed E-state index contributed by atoms with van der Waals surface area (Å²) in [5, 5.41) is 4.47. The number of amides is 1.